The molecule has 1 fully saturated rings. The normalized spacial score (nSPS) is 16.4. The lowest BCUT2D eigenvalue weighted by Crippen LogP contribution is -2.21. The van der Waals surface area contributed by atoms with Crippen LogP contribution in [0.15, 0.2) is 53.0 Å². The summed E-state index contributed by atoms with van der Waals surface area (Å²) in [6.45, 7) is 1.61. The lowest BCUT2D eigenvalue weighted by molar-refractivity contribution is -0.114. The number of hydrogen-bond acceptors (Lipinski definition) is 4. The SMILES string of the molecule is O=C(CNc1ccc(OCC2CCCO2)cc1)Nc1cccc(Br)c1. The van der Waals surface area contributed by atoms with Crippen molar-refractivity contribution in [2.45, 2.75) is 18.9 Å². The minimum Gasteiger partial charge on any atom is -0.491 e. The molecule has 0 radical (unpaired) electrons. The molecule has 1 atom stereocenters. The number of benzene rings is 2. The van der Waals surface area contributed by atoms with Crippen LogP contribution < -0.4 is 15.4 Å². The van der Waals surface area contributed by atoms with E-state index >= 15 is 0 Å². The Morgan fingerprint density at radius 3 is 2.76 bits per heavy atom. The first-order valence-electron chi connectivity index (χ1n) is 8.33. The van der Waals surface area contributed by atoms with Crippen LogP contribution in [0, 0.1) is 0 Å². The zero-order chi connectivity index (χ0) is 17.5. The van der Waals surface area contributed by atoms with Crippen molar-refractivity contribution in [1.29, 1.82) is 0 Å². The summed E-state index contributed by atoms with van der Waals surface area (Å²) in [5.41, 5.74) is 1.63. The monoisotopic (exact) mass is 404 g/mol. The molecule has 2 N–H and O–H groups in total. The van der Waals surface area contributed by atoms with E-state index in [2.05, 4.69) is 26.6 Å². The average Bonchev–Trinajstić information content (AvgIpc) is 3.13. The number of rotatable bonds is 7. The van der Waals surface area contributed by atoms with Crippen LogP contribution in [0.5, 0.6) is 5.75 Å². The third-order valence-corrected chi connectivity index (χ3v) is 4.37. The van der Waals surface area contributed by atoms with E-state index in [-0.39, 0.29) is 18.6 Å². The van der Waals surface area contributed by atoms with Crippen LogP contribution in [0.4, 0.5) is 11.4 Å². The van der Waals surface area contributed by atoms with Crippen molar-refractivity contribution in [3.05, 3.63) is 53.0 Å². The molecule has 25 heavy (non-hydrogen) atoms. The van der Waals surface area contributed by atoms with Gasteiger partial charge in [0.25, 0.3) is 0 Å². The molecule has 1 aliphatic rings. The predicted octanol–water partition coefficient (Wildman–Crippen LogP) is 4.06. The Bertz CT molecular complexity index is 700. The largest absolute Gasteiger partial charge is 0.491 e. The summed E-state index contributed by atoms with van der Waals surface area (Å²) in [4.78, 5) is 12.0. The number of ether oxygens (including phenoxy) is 2. The predicted molar refractivity (Wildman–Crippen MR) is 102 cm³/mol. The number of carbonyl (C=O) groups is 1. The highest BCUT2D eigenvalue weighted by Crippen LogP contribution is 2.19. The second-order valence-corrected chi connectivity index (χ2v) is 6.80. The highest BCUT2D eigenvalue weighted by atomic mass is 79.9. The highest BCUT2D eigenvalue weighted by Gasteiger charge is 2.15. The summed E-state index contributed by atoms with van der Waals surface area (Å²) in [5.74, 6) is 0.705. The van der Waals surface area contributed by atoms with E-state index < -0.39 is 0 Å². The lowest BCUT2D eigenvalue weighted by Gasteiger charge is -2.12. The maximum Gasteiger partial charge on any atom is 0.243 e. The Hall–Kier alpha value is -2.05. The molecule has 1 unspecified atom stereocenters. The van der Waals surface area contributed by atoms with E-state index in [9.17, 15) is 4.79 Å². The fourth-order valence-corrected chi connectivity index (χ4v) is 2.99. The quantitative estimate of drug-likeness (QED) is 0.730. The van der Waals surface area contributed by atoms with Gasteiger partial charge in [-0.05, 0) is 55.3 Å². The van der Waals surface area contributed by atoms with E-state index in [0.29, 0.717) is 6.61 Å². The second-order valence-electron chi connectivity index (χ2n) is 5.88. The van der Waals surface area contributed by atoms with E-state index in [0.717, 1.165) is 41.0 Å². The van der Waals surface area contributed by atoms with Gasteiger partial charge in [0.05, 0.1) is 12.6 Å². The molecule has 0 spiro atoms. The van der Waals surface area contributed by atoms with Crippen LogP contribution >= 0.6 is 15.9 Å². The van der Waals surface area contributed by atoms with Crippen LogP contribution in [0.25, 0.3) is 0 Å². The third kappa shape index (κ3) is 5.76. The zero-order valence-electron chi connectivity index (χ0n) is 13.8. The average molecular weight is 405 g/mol. The molecular weight excluding hydrogens is 384 g/mol. The van der Waals surface area contributed by atoms with Crippen molar-refractivity contribution < 1.29 is 14.3 Å². The summed E-state index contributed by atoms with van der Waals surface area (Å²) in [7, 11) is 0. The van der Waals surface area contributed by atoms with Gasteiger partial charge in [-0.1, -0.05) is 22.0 Å². The molecule has 1 amide bonds. The summed E-state index contributed by atoms with van der Waals surface area (Å²) in [6, 6.07) is 15.1. The smallest absolute Gasteiger partial charge is 0.243 e. The van der Waals surface area contributed by atoms with Crippen molar-refractivity contribution in [1.82, 2.24) is 0 Å². The molecule has 2 aromatic carbocycles. The fraction of sp³-hybridized carbons (Fsp3) is 0.316. The van der Waals surface area contributed by atoms with Gasteiger partial charge in [-0.2, -0.15) is 0 Å². The fourth-order valence-electron chi connectivity index (χ4n) is 2.59. The summed E-state index contributed by atoms with van der Waals surface area (Å²) < 4.78 is 12.2. The Labute approximate surface area is 155 Å². The highest BCUT2D eigenvalue weighted by molar-refractivity contribution is 9.10. The molecule has 6 heteroatoms. The van der Waals surface area contributed by atoms with Crippen LogP contribution in [0.1, 0.15) is 12.8 Å². The topological polar surface area (TPSA) is 59.6 Å². The number of amides is 1. The van der Waals surface area contributed by atoms with Crippen molar-refractivity contribution in [3.63, 3.8) is 0 Å². The Morgan fingerprint density at radius 2 is 2.04 bits per heavy atom. The van der Waals surface area contributed by atoms with Gasteiger partial charge in [0.1, 0.15) is 12.4 Å². The molecule has 1 aliphatic heterocycles. The number of nitrogens with one attached hydrogen (secondary N) is 2. The zero-order valence-corrected chi connectivity index (χ0v) is 15.4. The van der Waals surface area contributed by atoms with Crippen LogP contribution in [0.2, 0.25) is 0 Å². The van der Waals surface area contributed by atoms with Gasteiger partial charge in [-0.25, -0.2) is 0 Å². The summed E-state index contributed by atoms with van der Waals surface area (Å²) in [6.07, 6.45) is 2.38. The number of halogens is 1. The van der Waals surface area contributed by atoms with Crippen molar-refractivity contribution in [2.75, 3.05) is 30.4 Å². The van der Waals surface area contributed by atoms with Crippen LogP contribution in [0.3, 0.4) is 0 Å². The molecule has 2 aromatic rings. The first-order chi connectivity index (χ1) is 12.2. The number of hydrogen-bond donors (Lipinski definition) is 2. The second kappa shape index (κ2) is 8.87. The maximum atomic E-state index is 12.0. The van der Waals surface area contributed by atoms with E-state index in [4.69, 9.17) is 9.47 Å². The molecule has 132 valence electrons. The first kappa shape index (κ1) is 17.8. The van der Waals surface area contributed by atoms with E-state index in [1.54, 1.807) is 0 Å². The molecule has 0 aliphatic carbocycles. The molecule has 1 heterocycles. The third-order valence-electron chi connectivity index (χ3n) is 3.88. The number of carbonyl (C=O) groups excluding carboxylic acids is 1. The molecule has 5 nitrogen and oxygen atoms in total. The Morgan fingerprint density at radius 1 is 1.20 bits per heavy atom. The van der Waals surface area contributed by atoms with Crippen LogP contribution in [-0.4, -0.2) is 31.8 Å². The lowest BCUT2D eigenvalue weighted by atomic mass is 10.2. The summed E-state index contributed by atoms with van der Waals surface area (Å²) in [5, 5.41) is 5.95. The number of anilines is 2. The van der Waals surface area contributed by atoms with Gasteiger partial charge in [0, 0.05) is 22.5 Å². The first-order valence-corrected chi connectivity index (χ1v) is 9.12. The van der Waals surface area contributed by atoms with Crippen molar-refractivity contribution >= 4 is 33.2 Å². The minimum atomic E-state index is -0.100. The van der Waals surface area contributed by atoms with Crippen LogP contribution in [-0.2, 0) is 9.53 Å². The molecular formula is C19H21BrN2O3. The van der Waals surface area contributed by atoms with E-state index in [1.165, 1.54) is 0 Å². The minimum absolute atomic E-state index is 0.100. The van der Waals surface area contributed by atoms with Crippen molar-refractivity contribution in [2.24, 2.45) is 0 Å². The van der Waals surface area contributed by atoms with Gasteiger partial charge in [0.2, 0.25) is 5.91 Å². The van der Waals surface area contributed by atoms with E-state index in [1.807, 2.05) is 48.5 Å². The molecule has 0 aromatic heterocycles. The van der Waals surface area contributed by atoms with Crippen molar-refractivity contribution in [3.8, 4) is 5.75 Å². The van der Waals surface area contributed by atoms with Gasteiger partial charge >= 0.3 is 0 Å². The molecule has 1 saturated heterocycles. The van der Waals surface area contributed by atoms with Gasteiger partial charge in [-0.15, -0.1) is 0 Å². The van der Waals surface area contributed by atoms with Gasteiger partial charge in [0.15, 0.2) is 0 Å². The molecule has 3 rings (SSSR count). The van der Waals surface area contributed by atoms with Gasteiger partial charge in [-0.3, -0.25) is 4.79 Å². The maximum absolute atomic E-state index is 12.0. The Kier molecular flexibility index (Phi) is 6.30. The molecule has 0 bridgehead atoms. The standard InChI is InChI=1S/C19H21BrN2O3/c20-14-3-1-4-16(11-14)22-19(23)12-21-15-6-8-17(9-7-15)25-13-18-5-2-10-24-18/h1,3-4,6-9,11,18,21H,2,5,10,12-13H2,(H,22,23). The van der Waals surface area contributed by atoms with Gasteiger partial charge < -0.3 is 20.1 Å². The molecule has 0 saturated carbocycles. The Balaban J connectivity index is 1.42. The summed E-state index contributed by atoms with van der Waals surface area (Å²) >= 11 is 3.38.